The molecule has 2 heteroatoms. The average Bonchev–Trinajstić information content (AvgIpc) is 2.73. The Morgan fingerprint density at radius 2 is 1.23 bits per heavy atom. The van der Waals surface area contributed by atoms with E-state index >= 15 is 0 Å². The number of phenols is 2. The highest BCUT2D eigenvalue weighted by Gasteiger charge is 2.54. The molecule has 1 unspecified atom stereocenters. The Kier molecular flexibility index (Phi) is 3.43. The second-order valence-corrected chi connectivity index (χ2v) is 7.16. The molecule has 2 aromatic carbocycles. The fourth-order valence-corrected chi connectivity index (χ4v) is 4.23. The minimum absolute atomic E-state index is 0.0895. The third kappa shape index (κ3) is 2.01. The predicted molar refractivity (Wildman–Crippen MR) is 89.2 cm³/mol. The van der Waals surface area contributed by atoms with Crippen molar-refractivity contribution in [1.29, 1.82) is 0 Å². The molecular weight excluding hydrogens is 272 g/mol. The number of hydrogen-bond acceptors (Lipinski definition) is 2. The van der Waals surface area contributed by atoms with Gasteiger partial charge in [-0.3, -0.25) is 0 Å². The van der Waals surface area contributed by atoms with Crippen molar-refractivity contribution in [2.45, 2.75) is 39.0 Å². The number of hydrogen-bond donors (Lipinski definition) is 2. The lowest BCUT2D eigenvalue weighted by atomic mass is 9.58. The van der Waals surface area contributed by atoms with Crippen LogP contribution in [0.3, 0.4) is 0 Å². The van der Waals surface area contributed by atoms with Gasteiger partial charge in [0.05, 0.1) is 0 Å². The zero-order valence-corrected chi connectivity index (χ0v) is 13.5. The number of phenolic OH excluding ortho intramolecular Hbond substituents is 2. The summed E-state index contributed by atoms with van der Waals surface area (Å²) in [5, 5.41) is 19.3. The molecule has 2 nitrogen and oxygen atoms in total. The first-order chi connectivity index (χ1) is 10.4. The van der Waals surface area contributed by atoms with Gasteiger partial charge in [0.1, 0.15) is 11.5 Å². The molecule has 1 fully saturated rings. The molecule has 116 valence electrons. The molecule has 2 N–H and O–H groups in total. The van der Waals surface area contributed by atoms with Gasteiger partial charge in [-0.2, -0.15) is 0 Å². The third-order valence-corrected chi connectivity index (χ3v) is 6.00. The van der Waals surface area contributed by atoms with Gasteiger partial charge in [-0.25, -0.2) is 0 Å². The quantitative estimate of drug-likeness (QED) is 0.832. The van der Waals surface area contributed by atoms with Crippen LogP contribution in [0.5, 0.6) is 11.5 Å². The summed E-state index contributed by atoms with van der Waals surface area (Å²) in [6.07, 6.45) is 2.26. The molecule has 0 radical (unpaired) electrons. The molecule has 0 aromatic heterocycles. The summed E-state index contributed by atoms with van der Waals surface area (Å²) < 4.78 is 0. The molecular formula is C20H24O2. The van der Waals surface area contributed by atoms with Gasteiger partial charge in [0.2, 0.25) is 0 Å². The van der Waals surface area contributed by atoms with Crippen LogP contribution in [0.4, 0.5) is 0 Å². The number of aromatic hydroxyl groups is 2. The van der Waals surface area contributed by atoms with Gasteiger partial charge in [-0.1, -0.05) is 45.0 Å². The van der Waals surface area contributed by atoms with Crippen LogP contribution in [0.25, 0.3) is 0 Å². The van der Waals surface area contributed by atoms with Crippen LogP contribution in [-0.4, -0.2) is 10.2 Å². The molecule has 0 saturated heterocycles. The molecule has 3 rings (SSSR count). The molecule has 22 heavy (non-hydrogen) atoms. The average molecular weight is 296 g/mol. The Balaban J connectivity index is 2.23. The summed E-state index contributed by atoms with van der Waals surface area (Å²) in [5.41, 5.74) is 2.49. The third-order valence-electron chi connectivity index (χ3n) is 6.00. The Bertz CT molecular complexity index is 608. The zero-order valence-electron chi connectivity index (χ0n) is 13.5. The summed E-state index contributed by atoms with van der Waals surface area (Å²) in [7, 11) is 0. The van der Waals surface area contributed by atoms with E-state index in [1.54, 1.807) is 24.3 Å². The van der Waals surface area contributed by atoms with Crippen LogP contribution in [0.1, 0.15) is 44.7 Å². The van der Waals surface area contributed by atoms with Gasteiger partial charge in [-0.15, -0.1) is 0 Å². The Morgan fingerprint density at radius 1 is 0.818 bits per heavy atom. The SMILES string of the molecule is CC1CCC(c2ccc(O)cc2)(c2ccc(O)cc2)C1(C)C. The maximum atomic E-state index is 9.64. The van der Waals surface area contributed by atoms with Crippen molar-refractivity contribution in [3.63, 3.8) is 0 Å². The fourth-order valence-electron chi connectivity index (χ4n) is 4.23. The Labute approximate surface area is 132 Å². The van der Waals surface area contributed by atoms with Gasteiger partial charge in [0.15, 0.2) is 0 Å². The highest BCUT2D eigenvalue weighted by atomic mass is 16.3. The maximum absolute atomic E-state index is 9.64. The lowest BCUT2D eigenvalue weighted by Gasteiger charge is -2.45. The molecule has 1 atom stereocenters. The maximum Gasteiger partial charge on any atom is 0.115 e. The second kappa shape index (κ2) is 5.05. The molecule has 0 spiro atoms. The first-order valence-corrected chi connectivity index (χ1v) is 7.97. The molecule has 0 bridgehead atoms. The minimum Gasteiger partial charge on any atom is -0.508 e. The van der Waals surface area contributed by atoms with E-state index in [2.05, 4.69) is 20.8 Å². The summed E-state index contributed by atoms with van der Waals surface area (Å²) >= 11 is 0. The smallest absolute Gasteiger partial charge is 0.115 e. The van der Waals surface area contributed by atoms with Crippen molar-refractivity contribution in [3.8, 4) is 11.5 Å². The van der Waals surface area contributed by atoms with Crippen molar-refractivity contribution < 1.29 is 10.2 Å². The highest BCUT2D eigenvalue weighted by molar-refractivity contribution is 5.46. The van der Waals surface area contributed by atoms with Crippen LogP contribution in [0, 0.1) is 11.3 Å². The van der Waals surface area contributed by atoms with Crippen LogP contribution < -0.4 is 0 Å². The van der Waals surface area contributed by atoms with Crippen molar-refractivity contribution in [2.75, 3.05) is 0 Å². The number of benzene rings is 2. The summed E-state index contributed by atoms with van der Waals surface area (Å²) in [4.78, 5) is 0. The van der Waals surface area contributed by atoms with E-state index in [0.29, 0.717) is 17.4 Å². The Hall–Kier alpha value is -1.96. The van der Waals surface area contributed by atoms with Crippen LogP contribution in [-0.2, 0) is 5.41 Å². The molecule has 1 aliphatic carbocycles. The fraction of sp³-hybridized carbons (Fsp3) is 0.400. The van der Waals surface area contributed by atoms with E-state index in [1.165, 1.54) is 17.5 Å². The predicted octanol–water partition coefficient (Wildman–Crippen LogP) is 4.84. The van der Waals surface area contributed by atoms with Gasteiger partial charge >= 0.3 is 0 Å². The van der Waals surface area contributed by atoms with Gasteiger partial charge in [0.25, 0.3) is 0 Å². The van der Waals surface area contributed by atoms with Gasteiger partial charge in [0, 0.05) is 5.41 Å². The zero-order chi connectivity index (χ0) is 16.0. The molecule has 1 aliphatic rings. The monoisotopic (exact) mass is 296 g/mol. The van der Waals surface area contributed by atoms with Crippen LogP contribution >= 0.6 is 0 Å². The van der Waals surface area contributed by atoms with E-state index < -0.39 is 0 Å². The lowest BCUT2D eigenvalue weighted by Crippen LogP contribution is -2.40. The van der Waals surface area contributed by atoms with Crippen molar-refractivity contribution >= 4 is 0 Å². The number of rotatable bonds is 2. The van der Waals surface area contributed by atoms with E-state index in [4.69, 9.17) is 0 Å². The normalized spacial score (nSPS) is 22.6. The topological polar surface area (TPSA) is 40.5 Å². The summed E-state index contributed by atoms with van der Waals surface area (Å²) in [6, 6.07) is 15.3. The molecule has 1 saturated carbocycles. The molecule has 2 aromatic rings. The molecule has 0 amide bonds. The minimum atomic E-state index is -0.0895. The van der Waals surface area contributed by atoms with Crippen molar-refractivity contribution in [3.05, 3.63) is 59.7 Å². The van der Waals surface area contributed by atoms with E-state index in [1.807, 2.05) is 24.3 Å². The van der Waals surface area contributed by atoms with E-state index in [9.17, 15) is 10.2 Å². The van der Waals surface area contributed by atoms with Crippen molar-refractivity contribution in [1.82, 2.24) is 0 Å². The van der Waals surface area contributed by atoms with E-state index in [-0.39, 0.29) is 10.8 Å². The lowest BCUT2D eigenvalue weighted by molar-refractivity contribution is 0.188. The molecule has 0 aliphatic heterocycles. The van der Waals surface area contributed by atoms with Crippen LogP contribution in [0.15, 0.2) is 48.5 Å². The Morgan fingerprint density at radius 3 is 1.55 bits per heavy atom. The van der Waals surface area contributed by atoms with Gasteiger partial charge in [-0.05, 0) is 59.6 Å². The van der Waals surface area contributed by atoms with Gasteiger partial charge < -0.3 is 10.2 Å². The first-order valence-electron chi connectivity index (χ1n) is 7.97. The summed E-state index contributed by atoms with van der Waals surface area (Å²) in [5.74, 6) is 1.21. The van der Waals surface area contributed by atoms with Crippen LogP contribution in [0.2, 0.25) is 0 Å². The molecule has 0 heterocycles. The highest BCUT2D eigenvalue weighted by Crippen LogP contribution is 2.60. The largest absolute Gasteiger partial charge is 0.508 e. The standard InChI is InChI=1S/C20H24O2/c1-14-12-13-20(19(14,2)3,15-4-8-17(21)9-5-15)16-6-10-18(22)11-7-16/h4-11,14,21-22H,12-13H2,1-3H3. The van der Waals surface area contributed by atoms with E-state index in [0.717, 1.165) is 6.42 Å². The second-order valence-electron chi connectivity index (χ2n) is 7.16. The van der Waals surface area contributed by atoms with Crippen molar-refractivity contribution in [2.24, 2.45) is 11.3 Å². The summed E-state index contributed by atoms with van der Waals surface area (Å²) in [6.45, 7) is 7.00. The first kappa shape index (κ1) is 15.0.